The first-order chi connectivity index (χ1) is 11.4. The van der Waals surface area contributed by atoms with E-state index in [0.29, 0.717) is 0 Å². The van der Waals surface area contributed by atoms with Crippen molar-refractivity contribution in [3.63, 3.8) is 0 Å². The van der Waals surface area contributed by atoms with Crippen molar-refractivity contribution in [1.29, 1.82) is 0 Å². The molecule has 9 heteroatoms. The molecule has 1 aliphatic carbocycles. The van der Waals surface area contributed by atoms with Gasteiger partial charge in [-0.2, -0.15) is 0 Å². The molecule has 1 saturated heterocycles. The van der Waals surface area contributed by atoms with E-state index in [1.807, 2.05) is 0 Å². The maximum Gasteiger partial charge on any atom is 0.278 e. The maximum absolute atomic E-state index is 10.9. The number of ether oxygens (including phenoxy) is 4. The summed E-state index contributed by atoms with van der Waals surface area (Å²) in [6, 6.07) is -1.18. The molecule has 0 aromatic carbocycles. The number of hydrogen-bond donors (Lipinski definition) is 5. The zero-order valence-electron chi connectivity index (χ0n) is 14.2. The van der Waals surface area contributed by atoms with E-state index in [-0.39, 0.29) is 11.9 Å². The fourth-order valence-electron chi connectivity index (χ4n) is 3.78. The highest BCUT2D eigenvalue weighted by Crippen LogP contribution is 2.42. The smallest absolute Gasteiger partial charge is 0.278 e. The van der Waals surface area contributed by atoms with E-state index in [1.165, 1.54) is 7.11 Å². The second kappa shape index (κ2) is 6.50. The molecule has 9 atom stereocenters. The molecule has 0 spiro atoms. The Morgan fingerprint density at radius 3 is 2.33 bits per heavy atom. The van der Waals surface area contributed by atoms with Gasteiger partial charge in [-0.05, 0) is 27.1 Å². The molecule has 138 valence electrons. The average Bonchev–Trinajstić information content (AvgIpc) is 2.54. The minimum Gasteiger partial charge on any atom is -0.495 e. The van der Waals surface area contributed by atoms with Gasteiger partial charge >= 0.3 is 0 Å². The molecule has 3 rings (SSSR count). The molecule has 9 nitrogen and oxygen atoms in total. The molecule has 3 aliphatic rings. The third-order valence-corrected chi connectivity index (χ3v) is 5.00. The molecular formula is C15H26N2O7. The van der Waals surface area contributed by atoms with Crippen molar-refractivity contribution in [1.82, 2.24) is 10.6 Å². The number of rotatable bonds is 3. The summed E-state index contributed by atoms with van der Waals surface area (Å²) in [5, 5.41) is 37.9. The highest BCUT2D eigenvalue weighted by molar-refractivity contribution is 5.17. The van der Waals surface area contributed by atoms with E-state index in [0.717, 1.165) is 0 Å². The van der Waals surface area contributed by atoms with Gasteiger partial charge in [0.1, 0.15) is 18.3 Å². The van der Waals surface area contributed by atoms with Crippen molar-refractivity contribution in [2.45, 2.75) is 61.6 Å². The van der Waals surface area contributed by atoms with Crippen molar-refractivity contribution in [3.05, 3.63) is 11.8 Å². The number of nitrogens with one attached hydrogen (secondary N) is 2. The maximum atomic E-state index is 10.9. The molecule has 2 aliphatic heterocycles. The minimum atomic E-state index is -1.94. The lowest BCUT2D eigenvalue weighted by molar-refractivity contribution is -0.426. The van der Waals surface area contributed by atoms with Crippen LogP contribution in [0.25, 0.3) is 0 Å². The van der Waals surface area contributed by atoms with Gasteiger partial charge in [-0.25, -0.2) is 0 Å². The molecule has 2 heterocycles. The molecule has 2 fully saturated rings. The molecule has 0 unspecified atom stereocenters. The topological polar surface area (TPSA) is 122 Å². The summed E-state index contributed by atoms with van der Waals surface area (Å²) in [5.41, 5.74) is 0. The first-order valence-electron chi connectivity index (χ1n) is 8.05. The predicted octanol–water partition coefficient (Wildman–Crippen LogP) is -2.35. The van der Waals surface area contributed by atoms with Crippen LogP contribution in [0.1, 0.15) is 6.92 Å². The molecule has 0 bridgehead atoms. The van der Waals surface area contributed by atoms with Crippen LogP contribution in [0.5, 0.6) is 0 Å². The predicted molar refractivity (Wildman–Crippen MR) is 81.8 cm³/mol. The van der Waals surface area contributed by atoms with Gasteiger partial charge in [0.25, 0.3) is 5.79 Å². The van der Waals surface area contributed by atoms with Crippen LogP contribution in [0.3, 0.4) is 0 Å². The van der Waals surface area contributed by atoms with E-state index in [9.17, 15) is 15.3 Å². The van der Waals surface area contributed by atoms with Crippen LogP contribution in [0.4, 0.5) is 0 Å². The van der Waals surface area contributed by atoms with Gasteiger partial charge in [0.05, 0.1) is 31.4 Å². The van der Waals surface area contributed by atoms with E-state index in [2.05, 4.69) is 10.6 Å². The van der Waals surface area contributed by atoms with Gasteiger partial charge in [-0.15, -0.1) is 0 Å². The highest BCUT2D eigenvalue weighted by atomic mass is 16.8. The monoisotopic (exact) mass is 346 g/mol. The third kappa shape index (κ3) is 2.56. The minimum absolute atomic E-state index is 0.180. The number of hydrogen-bond acceptors (Lipinski definition) is 9. The summed E-state index contributed by atoms with van der Waals surface area (Å²) in [6.07, 6.45) is -3.48. The first kappa shape index (κ1) is 18.0. The van der Waals surface area contributed by atoms with Crippen molar-refractivity contribution in [2.24, 2.45) is 0 Å². The van der Waals surface area contributed by atoms with Gasteiger partial charge in [-0.3, -0.25) is 0 Å². The van der Waals surface area contributed by atoms with Gasteiger partial charge in [0.15, 0.2) is 5.76 Å². The van der Waals surface area contributed by atoms with E-state index >= 15 is 0 Å². The molecular weight excluding hydrogens is 320 g/mol. The van der Waals surface area contributed by atoms with Crippen LogP contribution in [0.15, 0.2) is 11.8 Å². The fraction of sp³-hybridized carbons (Fsp3) is 0.867. The fourth-order valence-corrected chi connectivity index (χ4v) is 3.78. The van der Waals surface area contributed by atoms with Crippen LogP contribution in [-0.2, 0) is 18.9 Å². The molecule has 5 N–H and O–H groups in total. The molecule has 0 amide bonds. The van der Waals surface area contributed by atoms with Crippen LogP contribution >= 0.6 is 0 Å². The molecule has 0 aromatic heterocycles. The Morgan fingerprint density at radius 2 is 1.75 bits per heavy atom. The lowest BCUT2D eigenvalue weighted by Crippen LogP contribution is -2.76. The summed E-state index contributed by atoms with van der Waals surface area (Å²) in [5.74, 6) is -1.76. The van der Waals surface area contributed by atoms with Crippen LogP contribution < -0.4 is 10.6 Å². The number of methoxy groups -OCH3 is 1. The van der Waals surface area contributed by atoms with Gasteiger partial charge < -0.3 is 44.9 Å². The SMILES string of the molecule is CN[C@@H]1[C@H](O)[C@H](NC)[C@H]2O[C@@]3(O)C(OC)=C[C@@H](C)O[C@H]3O[C@@H]2[C@H]1O. The van der Waals surface area contributed by atoms with E-state index in [4.69, 9.17) is 18.9 Å². The molecule has 1 saturated carbocycles. The first-order valence-corrected chi connectivity index (χ1v) is 8.05. The summed E-state index contributed by atoms with van der Waals surface area (Å²) in [6.45, 7) is 1.78. The Labute approximate surface area is 140 Å². The van der Waals surface area contributed by atoms with Crippen molar-refractivity contribution in [2.75, 3.05) is 21.2 Å². The second-order valence-electron chi connectivity index (χ2n) is 6.40. The van der Waals surface area contributed by atoms with Crippen molar-refractivity contribution < 1.29 is 34.3 Å². The Balaban J connectivity index is 1.96. The average molecular weight is 346 g/mol. The van der Waals surface area contributed by atoms with E-state index in [1.54, 1.807) is 27.1 Å². The number of fused-ring (bicyclic) bond motifs is 2. The van der Waals surface area contributed by atoms with Crippen molar-refractivity contribution >= 4 is 0 Å². The lowest BCUT2D eigenvalue weighted by atomic mass is 9.80. The third-order valence-electron chi connectivity index (χ3n) is 5.00. The molecule has 0 aromatic rings. The number of aliphatic hydroxyl groups is 3. The summed E-state index contributed by atoms with van der Waals surface area (Å²) >= 11 is 0. The van der Waals surface area contributed by atoms with E-state index < -0.39 is 48.6 Å². The highest BCUT2D eigenvalue weighted by Gasteiger charge is 2.62. The Hall–Kier alpha value is -0.780. The zero-order valence-corrected chi connectivity index (χ0v) is 14.2. The number of likely N-dealkylation sites (N-methyl/N-ethyl adjacent to an activating group) is 2. The normalized spacial score (nSPS) is 51.4. The summed E-state index contributed by atoms with van der Waals surface area (Å²) < 4.78 is 22.6. The van der Waals surface area contributed by atoms with Crippen LogP contribution in [-0.4, -0.2) is 91.2 Å². The summed E-state index contributed by atoms with van der Waals surface area (Å²) in [7, 11) is 4.74. The zero-order chi connectivity index (χ0) is 17.6. The van der Waals surface area contributed by atoms with Crippen molar-refractivity contribution in [3.8, 4) is 0 Å². The summed E-state index contributed by atoms with van der Waals surface area (Å²) in [4.78, 5) is 0. The Kier molecular flexibility index (Phi) is 4.89. The Morgan fingerprint density at radius 1 is 1.08 bits per heavy atom. The molecule has 0 radical (unpaired) electrons. The second-order valence-corrected chi connectivity index (χ2v) is 6.40. The lowest BCUT2D eigenvalue weighted by Gasteiger charge is -2.55. The molecule has 24 heavy (non-hydrogen) atoms. The van der Waals surface area contributed by atoms with Crippen LogP contribution in [0.2, 0.25) is 0 Å². The van der Waals surface area contributed by atoms with Gasteiger partial charge in [0.2, 0.25) is 6.29 Å². The quantitative estimate of drug-likeness (QED) is 0.382. The Bertz CT molecular complexity index is 504. The standard InChI is InChI=1S/C15H26N2O7/c1-6-5-7(21-4)15(20)14(22-6)23-13-11(19)8(16-2)10(18)9(17-3)12(13)24-15/h5-6,8-14,16-20H,1-4H3/t6-,8-,9+,10+,11+,12-,13-,14+,15+/m1/s1. The van der Waals surface area contributed by atoms with Crippen LogP contribution in [0, 0.1) is 0 Å². The van der Waals surface area contributed by atoms with Gasteiger partial charge in [-0.1, -0.05) is 0 Å². The largest absolute Gasteiger partial charge is 0.495 e. The van der Waals surface area contributed by atoms with Gasteiger partial charge in [0, 0.05) is 0 Å². The number of aliphatic hydroxyl groups excluding tert-OH is 2.